The van der Waals surface area contributed by atoms with Gasteiger partial charge in [0, 0.05) is 20.4 Å². The predicted octanol–water partition coefficient (Wildman–Crippen LogP) is 5.51. The molecule has 2 aromatic carbocycles. The van der Waals surface area contributed by atoms with Crippen LogP contribution in [0.1, 0.15) is 33.5 Å². The van der Waals surface area contributed by atoms with Gasteiger partial charge in [0.1, 0.15) is 0 Å². The molecule has 1 atom stereocenters. The minimum absolute atomic E-state index is 0.0887. The maximum Gasteiger partial charge on any atom is 0.167 e. The number of rotatable bonds is 2. The van der Waals surface area contributed by atoms with E-state index in [9.17, 15) is 4.79 Å². The van der Waals surface area contributed by atoms with Crippen molar-refractivity contribution in [2.45, 2.75) is 26.2 Å². The fourth-order valence-corrected chi connectivity index (χ4v) is 3.97. The van der Waals surface area contributed by atoms with Crippen molar-refractivity contribution in [1.82, 2.24) is 0 Å². The molecule has 0 aliphatic heterocycles. The van der Waals surface area contributed by atoms with E-state index in [-0.39, 0.29) is 11.7 Å². The zero-order chi connectivity index (χ0) is 15.0. The van der Waals surface area contributed by atoms with Crippen LogP contribution in [0.4, 0.5) is 0 Å². The van der Waals surface area contributed by atoms with E-state index in [0.717, 1.165) is 39.3 Å². The number of Topliss-reactive ketones (excluding diaryl/α,β-unsaturated/α-hetero) is 1. The van der Waals surface area contributed by atoms with Crippen molar-refractivity contribution in [2.24, 2.45) is 5.92 Å². The average Bonchev–Trinajstić information content (AvgIpc) is 2.50. The average molecular weight is 408 g/mol. The Morgan fingerprint density at radius 2 is 1.81 bits per heavy atom. The summed E-state index contributed by atoms with van der Waals surface area (Å²) in [5.74, 6) is 0.336. The van der Waals surface area contributed by atoms with Gasteiger partial charge in [-0.25, -0.2) is 0 Å². The number of hydrogen-bond acceptors (Lipinski definition) is 1. The van der Waals surface area contributed by atoms with Gasteiger partial charge >= 0.3 is 0 Å². The molecule has 0 spiro atoms. The first-order valence-corrected chi connectivity index (χ1v) is 8.71. The van der Waals surface area contributed by atoms with Gasteiger partial charge in [0.05, 0.1) is 0 Å². The number of carbonyl (C=O) groups is 1. The number of carbonyl (C=O) groups excluding carboxylic acids is 1. The van der Waals surface area contributed by atoms with Crippen molar-refractivity contribution >= 4 is 37.6 Å². The second kappa shape index (κ2) is 6.05. The van der Waals surface area contributed by atoms with Crippen LogP contribution < -0.4 is 0 Å². The number of aryl methyl sites for hydroxylation is 2. The molecule has 0 aromatic heterocycles. The summed E-state index contributed by atoms with van der Waals surface area (Å²) in [7, 11) is 0. The Balaban J connectivity index is 1.89. The molecule has 0 radical (unpaired) electrons. The maximum absolute atomic E-state index is 12.8. The van der Waals surface area contributed by atoms with E-state index in [1.807, 2.05) is 19.1 Å². The summed E-state index contributed by atoms with van der Waals surface area (Å²) in [6.45, 7) is 2.03. The molecule has 3 heteroatoms. The lowest BCUT2D eigenvalue weighted by atomic mass is 9.80. The lowest BCUT2D eigenvalue weighted by Gasteiger charge is -2.24. The Hall–Kier alpha value is -0.930. The molecule has 0 bridgehead atoms. The molecule has 1 aliphatic rings. The Labute approximate surface area is 142 Å². The van der Waals surface area contributed by atoms with E-state index >= 15 is 0 Å². The fourth-order valence-electron chi connectivity index (χ4n) is 2.98. The van der Waals surface area contributed by atoms with Crippen molar-refractivity contribution in [3.05, 3.63) is 67.6 Å². The summed E-state index contributed by atoms with van der Waals surface area (Å²) >= 11 is 7.06. The highest BCUT2D eigenvalue weighted by atomic mass is 79.9. The Morgan fingerprint density at radius 3 is 2.57 bits per heavy atom. The number of halogens is 2. The van der Waals surface area contributed by atoms with Crippen LogP contribution in [-0.4, -0.2) is 5.78 Å². The highest BCUT2D eigenvalue weighted by Crippen LogP contribution is 2.32. The Kier molecular flexibility index (Phi) is 4.32. The summed E-state index contributed by atoms with van der Waals surface area (Å²) in [5.41, 5.74) is 4.64. The van der Waals surface area contributed by atoms with Crippen molar-refractivity contribution in [3.8, 4) is 0 Å². The number of ketones is 1. The molecule has 0 saturated heterocycles. The Bertz CT molecular complexity index is 706. The molecular formula is C18H16Br2O. The third-order valence-corrected chi connectivity index (χ3v) is 5.74. The lowest BCUT2D eigenvalue weighted by molar-refractivity contribution is 0.0908. The number of hydrogen-bond donors (Lipinski definition) is 0. The largest absolute Gasteiger partial charge is 0.294 e. The van der Waals surface area contributed by atoms with Crippen LogP contribution in [0.3, 0.4) is 0 Å². The summed E-state index contributed by atoms with van der Waals surface area (Å²) in [6, 6.07) is 12.4. The highest BCUT2D eigenvalue weighted by molar-refractivity contribution is 9.11. The SMILES string of the molecule is Cc1cc(Br)c(C(=O)C2CCc3ccccc3C2)cc1Br. The number of benzene rings is 2. The van der Waals surface area contributed by atoms with Gasteiger partial charge in [0.25, 0.3) is 0 Å². The van der Waals surface area contributed by atoms with Gasteiger partial charge in [0.15, 0.2) is 5.78 Å². The van der Waals surface area contributed by atoms with Crippen LogP contribution in [-0.2, 0) is 12.8 Å². The van der Waals surface area contributed by atoms with Crippen LogP contribution in [0.25, 0.3) is 0 Å². The van der Waals surface area contributed by atoms with Crippen molar-refractivity contribution in [1.29, 1.82) is 0 Å². The molecule has 1 aliphatic carbocycles. The van der Waals surface area contributed by atoms with Crippen LogP contribution in [0, 0.1) is 12.8 Å². The van der Waals surface area contributed by atoms with Crippen molar-refractivity contribution < 1.29 is 4.79 Å². The third-order valence-electron chi connectivity index (χ3n) is 4.23. The first kappa shape index (κ1) is 15.0. The van der Waals surface area contributed by atoms with Gasteiger partial charge in [-0.2, -0.15) is 0 Å². The summed E-state index contributed by atoms with van der Waals surface area (Å²) in [5, 5.41) is 0. The van der Waals surface area contributed by atoms with E-state index in [4.69, 9.17) is 0 Å². The van der Waals surface area contributed by atoms with Crippen LogP contribution >= 0.6 is 31.9 Å². The van der Waals surface area contributed by atoms with Crippen LogP contribution in [0.15, 0.2) is 45.3 Å². The first-order valence-electron chi connectivity index (χ1n) is 7.13. The monoisotopic (exact) mass is 406 g/mol. The van der Waals surface area contributed by atoms with Gasteiger partial charge in [-0.3, -0.25) is 4.79 Å². The molecule has 108 valence electrons. The van der Waals surface area contributed by atoms with Gasteiger partial charge in [-0.05, 0) is 55.0 Å². The molecule has 3 rings (SSSR count). The fraction of sp³-hybridized carbons (Fsp3) is 0.278. The molecule has 0 N–H and O–H groups in total. The second-order valence-electron chi connectivity index (χ2n) is 5.65. The Morgan fingerprint density at radius 1 is 1.10 bits per heavy atom. The molecule has 0 heterocycles. The topological polar surface area (TPSA) is 17.1 Å². The van der Waals surface area contributed by atoms with E-state index in [1.54, 1.807) is 0 Å². The molecule has 0 amide bonds. The zero-order valence-corrected chi connectivity index (χ0v) is 15.0. The molecule has 21 heavy (non-hydrogen) atoms. The second-order valence-corrected chi connectivity index (χ2v) is 7.36. The molecule has 1 unspecified atom stereocenters. The van der Waals surface area contributed by atoms with Gasteiger partial charge in [0.2, 0.25) is 0 Å². The summed E-state index contributed by atoms with van der Waals surface area (Å²) in [4.78, 5) is 12.8. The highest BCUT2D eigenvalue weighted by Gasteiger charge is 2.26. The minimum atomic E-state index is 0.0887. The molecule has 2 aromatic rings. The van der Waals surface area contributed by atoms with Crippen LogP contribution in [0.5, 0.6) is 0 Å². The number of fused-ring (bicyclic) bond motifs is 1. The van der Waals surface area contributed by atoms with E-state index in [0.29, 0.717) is 0 Å². The zero-order valence-electron chi connectivity index (χ0n) is 11.8. The third kappa shape index (κ3) is 3.00. The molecule has 0 saturated carbocycles. The minimum Gasteiger partial charge on any atom is -0.294 e. The first-order chi connectivity index (χ1) is 10.1. The normalized spacial score (nSPS) is 17.4. The van der Waals surface area contributed by atoms with Gasteiger partial charge in [-0.1, -0.05) is 56.1 Å². The van der Waals surface area contributed by atoms with Gasteiger partial charge in [-0.15, -0.1) is 0 Å². The quantitative estimate of drug-likeness (QED) is 0.600. The van der Waals surface area contributed by atoms with E-state index in [2.05, 4.69) is 56.1 Å². The lowest BCUT2D eigenvalue weighted by Crippen LogP contribution is -2.23. The maximum atomic E-state index is 12.8. The smallest absolute Gasteiger partial charge is 0.167 e. The van der Waals surface area contributed by atoms with Crippen LogP contribution in [0.2, 0.25) is 0 Å². The molecular weight excluding hydrogens is 392 g/mol. The standard InChI is InChI=1S/C18H16Br2O/c1-11-8-17(20)15(10-16(11)19)18(21)14-7-6-12-4-2-3-5-13(12)9-14/h2-5,8,10,14H,6-7,9H2,1H3. The van der Waals surface area contributed by atoms with Gasteiger partial charge < -0.3 is 0 Å². The molecule has 1 nitrogen and oxygen atoms in total. The molecule has 0 fully saturated rings. The van der Waals surface area contributed by atoms with Crippen molar-refractivity contribution in [2.75, 3.05) is 0 Å². The van der Waals surface area contributed by atoms with E-state index < -0.39 is 0 Å². The van der Waals surface area contributed by atoms with E-state index in [1.165, 1.54) is 11.1 Å². The van der Waals surface area contributed by atoms with Crippen molar-refractivity contribution in [3.63, 3.8) is 0 Å². The summed E-state index contributed by atoms with van der Waals surface area (Å²) in [6.07, 6.45) is 2.79. The predicted molar refractivity (Wildman–Crippen MR) is 92.9 cm³/mol. The summed E-state index contributed by atoms with van der Waals surface area (Å²) < 4.78 is 1.89.